The molecule has 4 heteroatoms. The normalized spacial score (nSPS) is 8.29. The van der Waals surface area contributed by atoms with Crippen LogP contribution in [0.15, 0.2) is 0 Å². The highest BCUT2D eigenvalue weighted by Gasteiger charge is 1.90. The SMILES string of the molecule is CCC(=O)NOCl. The molecule has 0 aromatic heterocycles. The van der Waals surface area contributed by atoms with E-state index in [4.69, 9.17) is 0 Å². The van der Waals surface area contributed by atoms with Crippen molar-refractivity contribution >= 4 is 17.8 Å². The number of hydrogen-bond acceptors (Lipinski definition) is 2. The monoisotopic (exact) mass is 123 g/mol. The molecule has 0 fully saturated rings. The van der Waals surface area contributed by atoms with Crippen molar-refractivity contribution in [1.82, 2.24) is 5.48 Å². The van der Waals surface area contributed by atoms with Gasteiger partial charge in [0.2, 0.25) is 5.91 Å². The van der Waals surface area contributed by atoms with Gasteiger partial charge in [-0.2, -0.15) is 4.39 Å². The van der Waals surface area contributed by atoms with E-state index in [0.29, 0.717) is 6.42 Å². The van der Waals surface area contributed by atoms with Crippen LogP contribution in [0.5, 0.6) is 0 Å². The van der Waals surface area contributed by atoms with Gasteiger partial charge in [0.1, 0.15) is 0 Å². The molecular formula is C3H6ClNO2. The lowest BCUT2D eigenvalue weighted by Gasteiger charge is -1.91. The first kappa shape index (κ1) is 6.72. The van der Waals surface area contributed by atoms with E-state index in [2.05, 4.69) is 16.3 Å². The molecule has 42 valence electrons. The molecule has 0 bridgehead atoms. The molecule has 1 N–H and O–H groups in total. The number of nitrogens with one attached hydrogen (secondary N) is 1. The lowest BCUT2D eigenvalue weighted by Crippen LogP contribution is -2.17. The fourth-order valence-electron chi connectivity index (χ4n) is 0.115. The summed E-state index contributed by atoms with van der Waals surface area (Å²) in [5.41, 5.74) is 1.92. The Morgan fingerprint density at radius 1 is 2.00 bits per heavy atom. The van der Waals surface area contributed by atoms with Crippen LogP contribution in [-0.4, -0.2) is 5.91 Å². The largest absolute Gasteiger partial charge is 0.273 e. The standard InChI is InChI=1S/C3H6ClNO2/c1-2-3(6)5-7-4/h2H2,1H3,(H,5,6). The van der Waals surface area contributed by atoms with Crippen molar-refractivity contribution in [3.05, 3.63) is 0 Å². The van der Waals surface area contributed by atoms with Gasteiger partial charge in [-0.3, -0.25) is 4.79 Å². The summed E-state index contributed by atoms with van der Waals surface area (Å²) >= 11 is 4.64. The molecule has 0 radical (unpaired) electrons. The van der Waals surface area contributed by atoms with E-state index < -0.39 is 0 Å². The zero-order valence-corrected chi connectivity index (χ0v) is 4.66. The number of carbonyl (C=O) groups excluding carboxylic acids is 1. The Balaban J connectivity index is 3.00. The van der Waals surface area contributed by atoms with Crippen LogP contribution >= 0.6 is 11.9 Å². The summed E-state index contributed by atoms with van der Waals surface area (Å²) in [6.07, 6.45) is 0.382. The van der Waals surface area contributed by atoms with E-state index in [9.17, 15) is 4.79 Å². The van der Waals surface area contributed by atoms with E-state index in [0.717, 1.165) is 0 Å². The lowest BCUT2D eigenvalue weighted by molar-refractivity contribution is -0.127. The molecule has 0 spiro atoms. The van der Waals surface area contributed by atoms with E-state index in [-0.39, 0.29) is 5.91 Å². The van der Waals surface area contributed by atoms with Crippen molar-refractivity contribution in [2.24, 2.45) is 0 Å². The molecule has 0 aliphatic heterocycles. The Labute approximate surface area is 46.7 Å². The van der Waals surface area contributed by atoms with E-state index in [1.54, 1.807) is 6.92 Å². The number of amides is 1. The Kier molecular flexibility index (Phi) is 3.74. The van der Waals surface area contributed by atoms with Gasteiger partial charge < -0.3 is 0 Å². The summed E-state index contributed by atoms with van der Waals surface area (Å²) in [6, 6.07) is 0. The summed E-state index contributed by atoms with van der Waals surface area (Å²) < 4.78 is 3.77. The number of hydroxylamine groups is 1. The molecule has 0 aromatic carbocycles. The van der Waals surface area contributed by atoms with Crippen LogP contribution in [0.4, 0.5) is 0 Å². The van der Waals surface area contributed by atoms with Gasteiger partial charge in [0.25, 0.3) is 0 Å². The molecule has 0 unspecified atom stereocenters. The topological polar surface area (TPSA) is 38.3 Å². The first-order chi connectivity index (χ1) is 3.31. The Morgan fingerprint density at radius 2 is 2.57 bits per heavy atom. The smallest absolute Gasteiger partial charge is 0.244 e. The minimum absolute atomic E-state index is 0.227. The van der Waals surface area contributed by atoms with E-state index in [1.807, 2.05) is 5.48 Å². The van der Waals surface area contributed by atoms with E-state index in [1.165, 1.54) is 0 Å². The van der Waals surface area contributed by atoms with Crippen molar-refractivity contribution in [2.45, 2.75) is 13.3 Å². The van der Waals surface area contributed by atoms with Gasteiger partial charge in [0.15, 0.2) is 0 Å². The van der Waals surface area contributed by atoms with Gasteiger partial charge in [-0.15, -0.1) is 0 Å². The van der Waals surface area contributed by atoms with Crippen LogP contribution in [0.1, 0.15) is 13.3 Å². The van der Waals surface area contributed by atoms with Gasteiger partial charge in [0, 0.05) is 6.42 Å². The fraction of sp³-hybridized carbons (Fsp3) is 0.667. The second-order valence-corrected chi connectivity index (χ2v) is 1.11. The summed E-state index contributed by atoms with van der Waals surface area (Å²) in [4.78, 5) is 10.1. The zero-order chi connectivity index (χ0) is 5.70. The Bertz CT molecular complexity index is 66.0. The number of rotatable bonds is 2. The van der Waals surface area contributed by atoms with Crippen LogP contribution in [-0.2, 0) is 9.18 Å². The second-order valence-electron chi connectivity index (χ2n) is 0.956. The quantitative estimate of drug-likeness (QED) is 0.546. The minimum atomic E-state index is -0.227. The number of carbonyl (C=O) groups is 1. The van der Waals surface area contributed by atoms with Crippen LogP contribution in [0.2, 0.25) is 0 Å². The highest BCUT2D eigenvalue weighted by Crippen LogP contribution is 1.76. The predicted molar refractivity (Wildman–Crippen MR) is 25.4 cm³/mol. The molecular weight excluding hydrogens is 117 g/mol. The summed E-state index contributed by atoms with van der Waals surface area (Å²) in [6.45, 7) is 1.70. The molecule has 0 saturated carbocycles. The zero-order valence-electron chi connectivity index (χ0n) is 3.90. The molecule has 1 amide bonds. The lowest BCUT2D eigenvalue weighted by atomic mass is 10.5. The molecule has 0 heterocycles. The molecule has 0 saturated heterocycles. The second kappa shape index (κ2) is 3.89. The number of hydrogen-bond donors (Lipinski definition) is 1. The first-order valence-corrected chi connectivity index (χ1v) is 2.18. The maximum atomic E-state index is 10.1. The van der Waals surface area contributed by atoms with Crippen molar-refractivity contribution < 1.29 is 9.18 Å². The van der Waals surface area contributed by atoms with Crippen molar-refractivity contribution in [2.75, 3.05) is 0 Å². The molecule has 0 aromatic rings. The maximum Gasteiger partial charge on any atom is 0.244 e. The van der Waals surface area contributed by atoms with Gasteiger partial charge in [0.05, 0.1) is 11.9 Å². The van der Waals surface area contributed by atoms with Gasteiger partial charge >= 0.3 is 0 Å². The average molecular weight is 124 g/mol. The molecule has 3 nitrogen and oxygen atoms in total. The van der Waals surface area contributed by atoms with Crippen LogP contribution < -0.4 is 5.48 Å². The summed E-state index contributed by atoms with van der Waals surface area (Å²) in [7, 11) is 0. The van der Waals surface area contributed by atoms with Crippen molar-refractivity contribution in [1.29, 1.82) is 0 Å². The highest BCUT2D eigenvalue weighted by atomic mass is 35.5. The third-order valence-corrected chi connectivity index (χ3v) is 0.551. The van der Waals surface area contributed by atoms with Crippen molar-refractivity contribution in [3.63, 3.8) is 0 Å². The Morgan fingerprint density at radius 3 is 2.71 bits per heavy atom. The Hall–Kier alpha value is -0.280. The van der Waals surface area contributed by atoms with Crippen LogP contribution in [0.3, 0.4) is 0 Å². The molecule has 7 heavy (non-hydrogen) atoms. The average Bonchev–Trinajstić information content (AvgIpc) is 1.68. The first-order valence-electron chi connectivity index (χ1n) is 1.87. The number of halogens is 1. The van der Waals surface area contributed by atoms with Crippen LogP contribution in [0.25, 0.3) is 0 Å². The minimum Gasteiger partial charge on any atom is -0.273 e. The van der Waals surface area contributed by atoms with E-state index >= 15 is 0 Å². The van der Waals surface area contributed by atoms with Crippen LogP contribution in [0, 0.1) is 0 Å². The predicted octanol–water partition coefficient (Wildman–Crippen LogP) is 0.598. The maximum absolute atomic E-state index is 10.1. The van der Waals surface area contributed by atoms with Gasteiger partial charge in [-0.25, -0.2) is 5.48 Å². The third-order valence-electron chi connectivity index (χ3n) is 0.474. The summed E-state index contributed by atoms with van der Waals surface area (Å²) in [5.74, 6) is -0.227. The van der Waals surface area contributed by atoms with Crippen molar-refractivity contribution in [3.8, 4) is 0 Å². The third kappa shape index (κ3) is 3.55. The molecule has 0 aliphatic carbocycles. The summed E-state index contributed by atoms with van der Waals surface area (Å²) in [5, 5.41) is 0. The molecule has 0 atom stereocenters. The van der Waals surface area contributed by atoms with Gasteiger partial charge in [-0.05, 0) is 0 Å². The fourth-order valence-corrected chi connectivity index (χ4v) is 0.201. The van der Waals surface area contributed by atoms with Gasteiger partial charge in [-0.1, -0.05) is 6.92 Å². The molecule has 0 aliphatic rings. The molecule has 0 rings (SSSR count). The highest BCUT2D eigenvalue weighted by molar-refractivity contribution is 6.07.